The van der Waals surface area contributed by atoms with Gasteiger partial charge in [-0.15, -0.1) is 0 Å². The highest BCUT2D eigenvalue weighted by atomic mass is 16.5. The SMILES string of the molecule is COc1c(C(=O)Nc2ccc3c(C)nn(CCC4CCN(C)CC4)c3c2)ccc2c1C=CC(C)(C)O2. The molecule has 0 aliphatic carbocycles. The van der Waals surface area contributed by atoms with Crippen LogP contribution in [0.2, 0.25) is 0 Å². The number of fused-ring (bicyclic) bond motifs is 2. The quantitative estimate of drug-likeness (QED) is 0.495. The number of nitrogens with one attached hydrogen (secondary N) is 1. The summed E-state index contributed by atoms with van der Waals surface area (Å²) < 4.78 is 13.8. The highest BCUT2D eigenvalue weighted by Gasteiger charge is 2.27. The summed E-state index contributed by atoms with van der Waals surface area (Å²) in [6.45, 7) is 9.27. The number of amides is 1. The van der Waals surface area contributed by atoms with Gasteiger partial charge in [-0.1, -0.05) is 0 Å². The Hall–Kier alpha value is -3.32. The van der Waals surface area contributed by atoms with Gasteiger partial charge in [0.25, 0.3) is 5.91 Å². The van der Waals surface area contributed by atoms with E-state index in [0.717, 1.165) is 46.7 Å². The summed E-state index contributed by atoms with van der Waals surface area (Å²) in [4.78, 5) is 15.7. The lowest BCUT2D eigenvalue weighted by Crippen LogP contribution is -2.30. The van der Waals surface area contributed by atoms with Crippen LogP contribution in [0, 0.1) is 12.8 Å². The number of rotatable bonds is 6. The van der Waals surface area contributed by atoms with E-state index in [9.17, 15) is 4.79 Å². The zero-order valence-electron chi connectivity index (χ0n) is 21.9. The van der Waals surface area contributed by atoms with Crippen LogP contribution in [0.5, 0.6) is 11.5 Å². The van der Waals surface area contributed by atoms with Crippen molar-refractivity contribution in [1.82, 2.24) is 14.7 Å². The largest absolute Gasteiger partial charge is 0.495 e. The van der Waals surface area contributed by atoms with Crippen molar-refractivity contribution >= 4 is 28.6 Å². The fraction of sp³-hybridized carbons (Fsp3) is 0.448. The molecule has 2 aliphatic rings. The molecule has 0 saturated carbocycles. The molecular formula is C29H36N4O3. The van der Waals surface area contributed by atoms with Crippen LogP contribution in [0.4, 0.5) is 5.69 Å². The number of anilines is 1. The van der Waals surface area contributed by atoms with Crippen LogP contribution in [0.1, 0.15) is 54.7 Å². The van der Waals surface area contributed by atoms with Gasteiger partial charge in [0.15, 0.2) is 0 Å². The average Bonchev–Trinajstić information content (AvgIpc) is 3.16. The minimum Gasteiger partial charge on any atom is -0.495 e. The molecule has 36 heavy (non-hydrogen) atoms. The van der Waals surface area contributed by atoms with Gasteiger partial charge in [-0.25, -0.2) is 0 Å². The van der Waals surface area contributed by atoms with E-state index in [4.69, 9.17) is 14.6 Å². The van der Waals surface area contributed by atoms with Crippen LogP contribution < -0.4 is 14.8 Å². The number of aryl methyl sites for hydroxylation is 2. The van der Waals surface area contributed by atoms with Crippen molar-refractivity contribution in [2.75, 3.05) is 32.6 Å². The minimum absolute atomic E-state index is 0.221. The van der Waals surface area contributed by atoms with E-state index in [1.807, 2.05) is 57.2 Å². The van der Waals surface area contributed by atoms with E-state index in [-0.39, 0.29) is 5.91 Å². The molecular weight excluding hydrogens is 452 g/mol. The molecule has 1 saturated heterocycles. The smallest absolute Gasteiger partial charge is 0.259 e. The zero-order chi connectivity index (χ0) is 25.4. The average molecular weight is 489 g/mol. The van der Waals surface area contributed by atoms with E-state index in [1.165, 1.54) is 25.9 Å². The maximum Gasteiger partial charge on any atom is 0.259 e. The van der Waals surface area contributed by atoms with Crippen molar-refractivity contribution in [2.45, 2.75) is 52.2 Å². The Labute approximate surface area is 213 Å². The maximum atomic E-state index is 13.3. The Morgan fingerprint density at radius 2 is 2.00 bits per heavy atom. The molecule has 0 bridgehead atoms. The summed E-state index contributed by atoms with van der Waals surface area (Å²) in [5.74, 6) is 1.74. The Bertz CT molecular complexity index is 1320. The second-order valence-corrected chi connectivity index (χ2v) is 10.6. The normalized spacial score (nSPS) is 17.6. The first-order valence-electron chi connectivity index (χ1n) is 12.8. The highest BCUT2D eigenvalue weighted by molar-refractivity contribution is 6.08. The van der Waals surface area contributed by atoms with Gasteiger partial charge < -0.3 is 19.7 Å². The van der Waals surface area contributed by atoms with Crippen LogP contribution in [-0.4, -0.2) is 53.4 Å². The summed E-state index contributed by atoms with van der Waals surface area (Å²) in [5.41, 5.74) is 3.65. The summed E-state index contributed by atoms with van der Waals surface area (Å²) in [5, 5.41) is 8.99. The molecule has 0 atom stereocenters. The maximum absolute atomic E-state index is 13.3. The minimum atomic E-state index is -0.397. The number of nitrogens with zero attached hydrogens (tertiary/aromatic N) is 3. The molecule has 7 heteroatoms. The molecule has 1 fully saturated rings. The fourth-order valence-corrected chi connectivity index (χ4v) is 5.27. The lowest BCUT2D eigenvalue weighted by atomic mass is 9.94. The third-order valence-electron chi connectivity index (χ3n) is 7.41. The molecule has 1 aromatic heterocycles. The van der Waals surface area contributed by atoms with E-state index < -0.39 is 5.60 Å². The van der Waals surface area contributed by atoms with E-state index in [1.54, 1.807) is 13.2 Å². The van der Waals surface area contributed by atoms with Gasteiger partial charge in [0.2, 0.25) is 0 Å². The predicted molar refractivity (Wildman–Crippen MR) is 144 cm³/mol. The van der Waals surface area contributed by atoms with Gasteiger partial charge in [-0.2, -0.15) is 5.10 Å². The molecule has 0 unspecified atom stereocenters. The first-order valence-corrected chi connectivity index (χ1v) is 12.8. The molecule has 1 N–H and O–H groups in total. The molecule has 1 amide bonds. The number of hydrogen-bond donors (Lipinski definition) is 1. The number of piperidine rings is 1. The fourth-order valence-electron chi connectivity index (χ4n) is 5.27. The van der Waals surface area contributed by atoms with Crippen molar-refractivity contribution in [3.05, 3.63) is 53.2 Å². The van der Waals surface area contributed by atoms with Gasteiger partial charge in [-0.3, -0.25) is 9.48 Å². The molecule has 0 spiro atoms. The Balaban J connectivity index is 1.36. The van der Waals surface area contributed by atoms with Crippen LogP contribution in [0.15, 0.2) is 36.4 Å². The van der Waals surface area contributed by atoms with Gasteiger partial charge in [0.1, 0.15) is 17.1 Å². The number of carbonyl (C=O) groups is 1. The molecule has 0 radical (unpaired) electrons. The Morgan fingerprint density at radius 3 is 2.75 bits per heavy atom. The van der Waals surface area contributed by atoms with E-state index >= 15 is 0 Å². The second kappa shape index (κ2) is 9.62. The molecule has 2 aliphatic heterocycles. The van der Waals surface area contributed by atoms with E-state index in [0.29, 0.717) is 17.1 Å². The van der Waals surface area contributed by atoms with E-state index in [2.05, 4.69) is 21.9 Å². The molecule has 5 rings (SSSR count). The molecule has 2 aromatic carbocycles. The van der Waals surface area contributed by atoms with Gasteiger partial charge in [-0.05, 0) is 109 Å². The number of aromatic nitrogens is 2. The van der Waals surface area contributed by atoms with Crippen LogP contribution in [0.3, 0.4) is 0 Å². The zero-order valence-corrected chi connectivity index (χ0v) is 21.9. The topological polar surface area (TPSA) is 68.6 Å². The molecule has 190 valence electrons. The number of benzene rings is 2. The van der Waals surface area contributed by atoms with Crippen LogP contribution in [-0.2, 0) is 6.54 Å². The van der Waals surface area contributed by atoms with Crippen molar-refractivity contribution in [3.63, 3.8) is 0 Å². The number of carbonyl (C=O) groups excluding carboxylic acids is 1. The lowest BCUT2D eigenvalue weighted by Gasteiger charge is -2.29. The molecule has 7 nitrogen and oxygen atoms in total. The standard InChI is InChI=1S/C29H36N4O3/c1-19-22-7-6-21(18-25(22)33(31-19)17-13-20-11-15-32(4)16-12-20)30-28(34)24-8-9-26-23(27(24)35-5)10-14-29(2,3)36-26/h6-10,14,18,20H,11-13,15-17H2,1-5H3,(H,30,34). The van der Waals surface area contributed by atoms with Crippen molar-refractivity contribution in [2.24, 2.45) is 5.92 Å². The predicted octanol–water partition coefficient (Wildman–Crippen LogP) is 5.52. The summed E-state index contributed by atoms with van der Waals surface area (Å²) >= 11 is 0. The molecule has 3 aromatic rings. The third-order valence-corrected chi connectivity index (χ3v) is 7.41. The Kier molecular flexibility index (Phi) is 6.51. The van der Waals surface area contributed by atoms with Gasteiger partial charge >= 0.3 is 0 Å². The number of methoxy groups -OCH3 is 1. The van der Waals surface area contributed by atoms with Crippen LogP contribution >= 0.6 is 0 Å². The van der Waals surface area contributed by atoms with Crippen molar-refractivity contribution in [3.8, 4) is 11.5 Å². The van der Waals surface area contributed by atoms with Crippen LogP contribution in [0.25, 0.3) is 17.0 Å². The molecule has 3 heterocycles. The first kappa shape index (κ1) is 24.4. The number of hydrogen-bond acceptors (Lipinski definition) is 5. The van der Waals surface area contributed by atoms with Crippen molar-refractivity contribution < 1.29 is 14.3 Å². The van der Waals surface area contributed by atoms with Gasteiger partial charge in [0.05, 0.1) is 29.4 Å². The highest BCUT2D eigenvalue weighted by Crippen LogP contribution is 2.39. The monoisotopic (exact) mass is 488 g/mol. The Morgan fingerprint density at radius 1 is 1.22 bits per heavy atom. The second-order valence-electron chi connectivity index (χ2n) is 10.6. The summed E-state index contributed by atoms with van der Waals surface area (Å²) in [7, 11) is 3.78. The number of ether oxygens (including phenoxy) is 2. The summed E-state index contributed by atoms with van der Waals surface area (Å²) in [6, 6.07) is 9.60. The third kappa shape index (κ3) is 4.85. The lowest BCUT2D eigenvalue weighted by molar-refractivity contribution is 0.102. The first-order chi connectivity index (χ1) is 17.2. The number of likely N-dealkylation sites (tertiary alicyclic amines) is 1. The van der Waals surface area contributed by atoms with Crippen molar-refractivity contribution in [1.29, 1.82) is 0 Å². The summed E-state index contributed by atoms with van der Waals surface area (Å²) in [6.07, 6.45) is 7.56. The van der Waals surface area contributed by atoms with Gasteiger partial charge in [0, 0.05) is 17.6 Å².